The van der Waals surface area contributed by atoms with Crippen LogP contribution in [0.1, 0.15) is 28.8 Å². The van der Waals surface area contributed by atoms with Crippen molar-refractivity contribution in [3.05, 3.63) is 59.7 Å². The zero-order chi connectivity index (χ0) is 31.6. The average Bonchev–Trinajstić information content (AvgIpc) is 2.96. The molecular weight excluding hydrogens is 586 g/mol. The monoisotopic (exact) mass is 619 g/mol. The molecule has 0 bridgehead atoms. The Hall–Kier alpha value is -4.42. The number of carboxylic acids is 1. The molecular formula is C26H33N7O9S. The lowest BCUT2D eigenvalue weighted by atomic mass is 10.1. The second-order valence-electron chi connectivity index (χ2n) is 9.57. The van der Waals surface area contributed by atoms with E-state index in [9.17, 15) is 27.9 Å². The number of guanidine groups is 1. The summed E-state index contributed by atoms with van der Waals surface area (Å²) in [7, 11) is -4.02. The second kappa shape index (κ2) is 15.2. The summed E-state index contributed by atoms with van der Waals surface area (Å²) in [5.74, 6) is -1.60. The largest absolute Gasteiger partial charge is 0.480 e. The van der Waals surface area contributed by atoms with Crippen molar-refractivity contribution in [2.75, 3.05) is 25.0 Å². The average molecular weight is 620 g/mol. The smallest absolute Gasteiger partial charge is 0.326 e. The predicted molar refractivity (Wildman–Crippen MR) is 155 cm³/mol. The number of fused-ring (bicyclic) bond motifs is 1. The normalized spacial score (nSPS) is 18.4. The number of aliphatic carboxylic acids is 1. The summed E-state index contributed by atoms with van der Waals surface area (Å²) in [6.07, 6.45) is 0.399. The number of anilines is 1. The van der Waals surface area contributed by atoms with E-state index < -0.39 is 34.1 Å². The molecule has 17 heteroatoms. The molecule has 0 spiro atoms. The lowest BCUT2D eigenvalue weighted by Crippen LogP contribution is -2.62. The molecule has 2 aromatic rings. The van der Waals surface area contributed by atoms with Gasteiger partial charge in [0.05, 0.1) is 18.0 Å². The van der Waals surface area contributed by atoms with Gasteiger partial charge >= 0.3 is 5.97 Å². The maximum Gasteiger partial charge on any atom is 0.326 e. The standard InChI is InChI=1S/C19H25N7O6.C7H8O3S/c20-19-25-15-14(17(28)26-19)23-12(9-22-15)8-21-11-5-3-10(4-6-11)16(27)24-13(18(29)30)2-1-7-32-31;1-6-2-4-7(5-3-6)11(8,9)10/h3-6,12-14,21,23,31H,1-2,7-9H2,(H,24,27)(H,29,30)(H3,20,22,25,26,28);2-5H,1H3,(H,8,9,10)/t12-,13-,14?;/m0./s1. The molecule has 2 aliphatic rings. The first-order chi connectivity index (χ1) is 20.4. The topological polar surface area (TPSA) is 254 Å². The zero-order valence-electron chi connectivity index (χ0n) is 23.1. The van der Waals surface area contributed by atoms with Crippen molar-refractivity contribution in [3.63, 3.8) is 0 Å². The molecule has 4 rings (SSSR count). The van der Waals surface area contributed by atoms with E-state index in [1.54, 1.807) is 36.4 Å². The molecule has 3 atom stereocenters. The summed E-state index contributed by atoms with van der Waals surface area (Å²) in [6, 6.07) is 10.7. The van der Waals surface area contributed by atoms with Crippen LogP contribution in [0.4, 0.5) is 5.69 Å². The van der Waals surface area contributed by atoms with E-state index in [0.29, 0.717) is 24.5 Å². The number of benzene rings is 2. The van der Waals surface area contributed by atoms with E-state index in [0.717, 1.165) is 11.3 Å². The van der Waals surface area contributed by atoms with Crippen molar-refractivity contribution in [1.82, 2.24) is 16.0 Å². The van der Waals surface area contributed by atoms with Crippen LogP contribution >= 0.6 is 0 Å². The van der Waals surface area contributed by atoms with E-state index >= 15 is 0 Å². The first-order valence-electron chi connectivity index (χ1n) is 13.0. The van der Waals surface area contributed by atoms with E-state index in [1.807, 2.05) is 6.92 Å². The molecule has 0 aromatic heterocycles. The number of hydrogen-bond acceptors (Lipinski definition) is 12. The fraction of sp³-hybridized carbons (Fsp3) is 0.346. The van der Waals surface area contributed by atoms with Crippen LogP contribution in [0.2, 0.25) is 0 Å². The van der Waals surface area contributed by atoms with Crippen molar-refractivity contribution >= 4 is 45.4 Å². The maximum absolute atomic E-state index is 12.3. The van der Waals surface area contributed by atoms with Gasteiger partial charge in [0.15, 0.2) is 5.84 Å². The van der Waals surface area contributed by atoms with Crippen molar-refractivity contribution in [2.24, 2.45) is 15.7 Å². The van der Waals surface area contributed by atoms with Crippen molar-refractivity contribution in [2.45, 2.75) is 42.8 Å². The highest BCUT2D eigenvalue weighted by Gasteiger charge is 2.34. The van der Waals surface area contributed by atoms with Gasteiger partial charge in [-0.05, 0) is 56.2 Å². The van der Waals surface area contributed by atoms with E-state index in [-0.39, 0.29) is 42.3 Å². The van der Waals surface area contributed by atoms with Gasteiger partial charge in [-0.15, -0.1) is 0 Å². The van der Waals surface area contributed by atoms with Crippen LogP contribution in [0.25, 0.3) is 0 Å². The quantitative estimate of drug-likeness (QED) is 0.0715. The summed E-state index contributed by atoms with van der Waals surface area (Å²) in [6.45, 7) is 2.71. The van der Waals surface area contributed by atoms with Gasteiger partial charge in [0.2, 0.25) is 5.96 Å². The fourth-order valence-electron chi connectivity index (χ4n) is 3.97. The lowest BCUT2D eigenvalue weighted by Gasteiger charge is -2.30. The summed E-state index contributed by atoms with van der Waals surface area (Å²) in [5, 5.41) is 28.8. The van der Waals surface area contributed by atoms with Gasteiger partial charge in [0, 0.05) is 23.8 Å². The predicted octanol–water partition coefficient (Wildman–Crippen LogP) is -0.0236. The number of rotatable bonds is 11. The van der Waals surface area contributed by atoms with Crippen LogP contribution in [0.15, 0.2) is 63.4 Å². The number of carbonyl (C=O) groups excluding carboxylic acids is 2. The Balaban J connectivity index is 0.000000386. The SMILES string of the molecule is Cc1ccc(S(=O)(=O)O)cc1.NC1=NC2=NC[C@H](CNc3ccc(C(=O)N[C@@H](CCCOO)C(=O)O)cc3)NC2C(=O)N1. The zero-order valence-corrected chi connectivity index (χ0v) is 23.9. The molecule has 0 aliphatic carbocycles. The molecule has 43 heavy (non-hydrogen) atoms. The molecule has 0 saturated heterocycles. The molecule has 1 unspecified atom stereocenters. The third-order valence-corrected chi connectivity index (χ3v) is 7.10. The Morgan fingerprint density at radius 3 is 2.44 bits per heavy atom. The number of aryl methyl sites for hydroxylation is 1. The van der Waals surface area contributed by atoms with Gasteiger partial charge in [-0.2, -0.15) is 13.4 Å². The van der Waals surface area contributed by atoms with Gasteiger partial charge in [-0.1, -0.05) is 17.7 Å². The Morgan fingerprint density at radius 1 is 1.16 bits per heavy atom. The molecule has 232 valence electrons. The van der Waals surface area contributed by atoms with Gasteiger partial charge in [0.25, 0.3) is 21.9 Å². The Bertz CT molecular complexity index is 1460. The summed E-state index contributed by atoms with van der Waals surface area (Å²) >= 11 is 0. The van der Waals surface area contributed by atoms with E-state index in [4.69, 9.17) is 15.5 Å². The molecule has 9 N–H and O–H groups in total. The summed E-state index contributed by atoms with van der Waals surface area (Å²) < 4.78 is 29.6. The number of hydrogen-bond donors (Lipinski definition) is 8. The number of nitrogens with zero attached hydrogens (tertiary/aromatic N) is 2. The molecule has 2 aliphatic heterocycles. The van der Waals surface area contributed by atoms with E-state index in [1.165, 1.54) is 12.1 Å². The number of nitrogens with one attached hydrogen (secondary N) is 4. The number of aliphatic imine (C=N–C) groups is 2. The number of carboxylic acid groups (broad SMARTS) is 1. The van der Waals surface area contributed by atoms with Crippen molar-refractivity contribution in [1.29, 1.82) is 0 Å². The summed E-state index contributed by atoms with van der Waals surface area (Å²) in [5.41, 5.74) is 7.53. The second-order valence-corrected chi connectivity index (χ2v) is 11.0. The third-order valence-electron chi connectivity index (χ3n) is 6.23. The van der Waals surface area contributed by atoms with Gasteiger partial charge in [0.1, 0.15) is 12.1 Å². The number of carbonyl (C=O) groups is 3. The van der Waals surface area contributed by atoms with Gasteiger partial charge < -0.3 is 21.5 Å². The van der Waals surface area contributed by atoms with Crippen LogP contribution in [0.5, 0.6) is 0 Å². The lowest BCUT2D eigenvalue weighted by molar-refractivity contribution is -0.242. The minimum Gasteiger partial charge on any atom is -0.480 e. The first-order valence-corrected chi connectivity index (χ1v) is 14.4. The van der Waals surface area contributed by atoms with Crippen molar-refractivity contribution in [3.8, 4) is 0 Å². The third kappa shape index (κ3) is 10.1. The van der Waals surface area contributed by atoms with Crippen LogP contribution < -0.4 is 27.0 Å². The molecule has 16 nitrogen and oxygen atoms in total. The molecule has 2 aromatic carbocycles. The van der Waals surface area contributed by atoms with E-state index in [2.05, 4.69) is 36.1 Å². The Kier molecular flexibility index (Phi) is 11.7. The molecule has 2 amide bonds. The highest BCUT2D eigenvalue weighted by atomic mass is 32.2. The minimum absolute atomic E-state index is 0.0187. The fourth-order valence-corrected chi connectivity index (χ4v) is 4.45. The van der Waals surface area contributed by atoms with Crippen LogP contribution in [0.3, 0.4) is 0 Å². The molecule has 0 saturated carbocycles. The Labute approximate surface area is 247 Å². The van der Waals surface area contributed by atoms with Crippen molar-refractivity contribution < 1.29 is 42.6 Å². The maximum atomic E-state index is 12.3. The minimum atomic E-state index is -4.02. The van der Waals surface area contributed by atoms with Gasteiger partial charge in [-0.3, -0.25) is 35.0 Å². The highest BCUT2D eigenvalue weighted by molar-refractivity contribution is 7.85. The van der Waals surface area contributed by atoms with Gasteiger partial charge in [-0.25, -0.2) is 9.68 Å². The Morgan fingerprint density at radius 2 is 1.84 bits per heavy atom. The molecule has 0 radical (unpaired) electrons. The van der Waals surface area contributed by atoms with Crippen LogP contribution in [0, 0.1) is 6.92 Å². The number of amidine groups is 1. The molecule has 0 fully saturated rings. The number of nitrogens with two attached hydrogens (primary N) is 1. The van der Waals surface area contributed by atoms with Crippen LogP contribution in [-0.2, 0) is 24.6 Å². The summed E-state index contributed by atoms with van der Waals surface area (Å²) in [4.78, 5) is 47.9. The molecule has 2 heterocycles. The first kappa shape index (κ1) is 33.1. The highest BCUT2D eigenvalue weighted by Crippen LogP contribution is 2.13. The van der Waals surface area contributed by atoms with Crippen LogP contribution in [-0.4, -0.2) is 90.7 Å². The number of amides is 2.